The lowest BCUT2D eigenvalue weighted by molar-refractivity contribution is 0.741. The zero-order valence-electron chi connectivity index (χ0n) is 6.73. The van der Waals surface area contributed by atoms with Crippen molar-refractivity contribution >= 4 is 21.5 Å². The van der Waals surface area contributed by atoms with E-state index in [9.17, 15) is 0 Å². The third-order valence-corrected chi connectivity index (χ3v) is 2.88. The van der Waals surface area contributed by atoms with Crippen LogP contribution in [0.2, 0.25) is 0 Å². The van der Waals surface area contributed by atoms with Gasteiger partial charge < -0.3 is 5.32 Å². The van der Waals surface area contributed by atoms with Gasteiger partial charge in [0.25, 0.3) is 0 Å². The Bertz CT molecular complexity index is 331. The largest absolute Gasteiger partial charge is 0.309 e. The van der Waals surface area contributed by atoms with Gasteiger partial charge >= 0.3 is 0 Å². The molecule has 0 amide bonds. The Morgan fingerprint density at radius 2 is 2.17 bits per heavy atom. The first-order valence-corrected chi connectivity index (χ1v) is 4.74. The average Bonchev–Trinajstić information content (AvgIpc) is 2.07. The molecule has 1 nitrogen and oxygen atoms in total. The topological polar surface area (TPSA) is 12.0 Å². The molecule has 1 heterocycles. The van der Waals surface area contributed by atoms with E-state index in [4.69, 9.17) is 0 Å². The van der Waals surface area contributed by atoms with E-state index in [2.05, 4.69) is 46.0 Å². The molecule has 1 N–H and O–H groups in total. The summed E-state index contributed by atoms with van der Waals surface area (Å²) in [6.45, 7) is 5.86. The van der Waals surface area contributed by atoms with E-state index >= 15 is 0 Å². The summed E-state index contributed by atoms with van der Waals surface area (Å²) in [4.78, 5) is 0. The fourth-order valence-corrected chi connectivity index (χ4v) is 2.01. The van der Waals surface area contributed by atoms with Crippen molar-refractivity contribution in [1.29, 1.82) is 0 Å². The molecule has 2 heteroatoms. The summed E-state index contributed by atoms with van der Waals surface area (Å²) in [6, 6.07) is 6.25. The summed E-state index contributed by atoms with van der Waals surface area (Å²) in [5.74, 6) is 0. The maximum atomic E-state index is 4.01. The fourth-order valence-electron chi connectivity index (χ4n) is 1.50. The Hall–Kier alpha value is -0.600. The second kappa shape index (κ2) is 3.04. The molecule has 0 aromatic heterocycles. The molecule has 0 saturated heterocycles. The quantitative estimate of drug-likeness (QED) is 0.714. The van der Waals surface area contributed by atoms with Crippen molar-refractivity contribution in [2.24, 2.45) is 0 Å². The van der Waals surface area contributed by atoms with Crippen molar-refractivity contribution in [1.82, 2.24) is 5.32 Å². The molecule has 0 fully saturated rings. The van der Waals surface area contributed by atoms with E-state index in [0.717, 1.165) is 13.1 Å². The molecule has 0 aliphatic carbocycles. The molecule has 0 atom stereocenters. The van der Waals surface area contributed by atoms with Gasteiger partial charge in [0.15, 0.2) is 0 Å². The normalized spacial score (nSPS) is 15.9. The van der Waals surface area contributed by atoms with Crippen LogP contribution in [0.4, 0.5) is 0 Å². The van der Waals surface area contributed by atoms with E-state index < -0.39 is 0 Å². The summed E-state index contributed by atoms with van der Waals surface area (Å²) in [7, 11) is 0. The Morgan fingerprint density at radius 3 is 2.92 bits per heavy atom. The molecule has 0 radical (unpaired) electrons. The molecule has 0 unspecified atom stereocenters. The highest BCUT2D eigenvalue weighted by atomic mass is 79.9. The van der Waals surface area contributed by atoms with Gasteiger partial charge in [0.1, 0.15) is 0 Å². The van der Waals surface area contributed by atoms with Crippen LogP contribution in [-0.2, 0) is 6.54 Å². The third-order valence-electron chi connectivity index (χ3n) is 2.14. The van der Waals surface area contributed by atoms with Crippen molar-refractivity contribution < 1.29 is 0 Å². The number of nitrogens with one attached hydrogen (secondary N) is 1. The Labute approximate surface area is 80.6 Å². The number of hydrogen-bond acceptors (Lipinski definition) is 1. The molecular weight excluding hydrogens is 214 g/mol. The zero-order valence-corrected chi connectivity index (χ0v) is 8.32. The number of hydrogen-bond donors (Lipinski definition) is 1. The average molecular weight is 224 g/mol. The first kappa shape index (κ1) is 8.02. The summed E-state index contributed by atoms with van der Waals surface area (Å²) in [5.41, 5.74) is 3.80. The number of rotatable bonds is 0. The van der Waals surface area contributed by atoms with Gasteiger partial charge in [-0.25, -0.2) is 0 Å². The van der Waals surface area contributed by atoms with Gasteiger partial charge in [-0.3, -0.25) is 0 Å². The molecule has 0 bridgehead atoms. The Morgan fingerprint density at radius 1 is 1.33 bits per heavy atom. The van der Waals surface area contributed by atoms with Crippen molar-refractivity contribution in [3.05, 3.63) is 40.4 Å². The Balaban J connectivity index is 2.59. The summed E-state index contributed by atoms with van der Waals surface area (Å²) in [6.07, 6.45) is 0. The predicted octanol–water partition coefficient (Wildman–Crippen LogP) is 2.57. The van der Waals surface area contributed by atoms with Gasteiger partial charge in [-0.2, -0.15) is 0 Å². The van der Waals surface area contributed by atoms with Crippen LogP contribution in [0.1, 0.15) is 11.1 Å². The van der Waals surface area contributed by atoms with Crippen LogP contribution in [0.25, 0.3) is 5.57 Å². The van der Waals surface area contributed by atoms with Crippen LogP contribution in [0, 0.1) is 0 Å². The van der Waals surface area contributed by atoms with Crippen LogP contribution in [0.3, 0.4) is 0 Å². The maximum Gasteiger partial charge on any atom is 0.0226 e. The molecule has 12 heavy (non-hydrogen) atoms. The zero-order chi connectivity index (χ0) is 8.55. The number of halogens is 1. The maximum absolute atomic E-state index is 4.01. The Kier molecular flexibility index (Phi) is 2.03. The minimum atomic E-state index is 0.906. The van der Waals surface area contributed by atoms with Crippen LogP contribution in [0.5, 0.6) is 0 Å². The van der Waals surface area contributed by atoms with Gasteiger partial charge in [-0.1, -0.05) is 34.6 Å². The summed E-state index contributed by atoms with van der Waals surface area (Å²) < 4.78 is 1.17. The molecule has 1 aliphatic heterocycles. The highest BCUT2D eigenvalue weighted by Crippen LogP contribution is 2.27. The van der Waals surface area contributed by atoms with Crippen LogP contribution < -0.4 is 5.32 Å². The van der Waals surface area contributed by atoms with E-state index in [1.165, 1.54) is 21.2 Å². The first-order valence-electron chi connectivity index (χ1n) is 3.95. The van der Waals surface area contributed by atoms with Gasteiger partial charge in [-0.15, -0.1) is 0 Å². The van der Waals surface area contributed by atoms with E-state index in [-0.39, 0.29) is 0 Å². The minimum absolute atomic E-state index is 0.906. The molecule has 1 aromatic rings. The highest BCUT2D eigenvalue weighted by molar-refractivity contribution is 9.10. The van der Waals surface area contributed by atoms with Gasteiger partial charge in [0.2, 0.25) is 0 Å². The predicted molar refractivity (Wildman–Crippen MR) is 54.9 cm³/mol. The van der Waals surface area contributed by atoms with Gasteiger partial charge in [0, 0.05) is 17.6 Å². The molecule has 1 aliphatic rings. The molecule has 0 spiro atoms. The summed E-state index contributed by atoms with van der Waals surface area (Å²) >= 11 is 3.53. The van der Waals surface area contributed by atoms with Crippen molar-refractivity contribution in [3.63, 3.8) is 0 Å². The monoisotopic (exact) mass is 223 g/mol. The highest BCUT2D eigenvalue weighted by Gasteiger charge is 2.13. The summed E-state index contributed by atoms with van der Waals surface area (Å²) in [5, 5.41) is 3.30. The molecule has 2 rings (SSSR count). The smallest absolute Gasteiger partial charge is 0.0226 e. The van der Waals surface area contributed by atoms with Crippen molar-refractivity contribution in [3.8, 4) is 0 Å². The number of benzene rings is 1. The molecular formula is C10H10BrN. The standard InChI is InChI=1S/C10H10BrN/c1-7-5-12-6-9-8(7)3-2-4-10(9)11/h2-4,12H,1,5-6H2. The number of fused-ring (bicyclic) bond motifs is 1. The SMILES string of the molecule is C=C1CNCc2c(Br)cccc21. The van der Waals surface area contributed by atoms with Gasteiger partial charge in [0.05, 0.1) is 0 Å². The first-order chi connectivity index (χ1) is 5.79. The van der Waals surface area contributed by atoms with Crippen LogP contribution >= 0.6 is 15.9 Å². The second-order valence-corrected chi connectivity index (χ2v) is 3.83. The minimum Gasteiger partial charge on any atom is -0.309 e. The lowest BCUT2D eigenvalue weighted by Crippen LogP contribution is -2.22. The third kappa shape index (κ3) is 1.21. The van der Waals surface area contributed by atoms with E-state index in [1.807, 2.05) is 0 Å². The van der Waals surface area contributed by atoms with E-state index in [0.29, 0.717) is 0 Å². The van der Waals surface area contributed by atoms with E-state index in [1.54, 1.807) is 0 Å². The fraction of sp³-hybridized carbons (Fsp3) is 0.200. The lowest BCUT2D eigenvalue weighted by atomic mass is 9.98. The van der Waals surface area contributed by atoms with Crippen LogP contribution in [0.15, 0.2) is 29.3 Å². The molecule has 0 saturated carbocycles. The second-order valence-electron chi connectivity index (χ2n) is 2.97. The van der Waals surface area contributed by atoms with Crippen LogP contribution in [-0.4, -0.2) is 6.54 Å². The molecule has 1 aromatic carbocycles. The molecule has 62 valence electrons. The van der Waals surface area contributed by atoms with Crippen molar-refractivity contribution in [2.45, 2.75) is 6.54 Å². The van der Waals surface area contributed by atoms with Crippen molar-refractivity contribution in [2.75, 3.05) is 6.54 Å². The lowest BCUT2D eigenvalue weighted by Gasteiger charge is -2.20. The van der Waals surface area contributed by atoms with Gasteiger partial charge in [-0.05, 0) is 22.8 Å².